The summed E-state index contributed by atoms with van der Waals surface area (Å²) in [6.45, 7) is 1.80. The van der Waals surface area contributed by atoms with Gasteiger partial charge in [-0.15, -0.1) is 0 Å². The zero-order valence-corrected chi connectivity index (χ0v) is 20.6. The van der Waals surface area contributed by atoms with Gasteiger partial charge in [0.25, 0.3) is 10.0 Å². The molecule has 0 fully saturated rings. The van der Waals surface area contributed by atoms with E-state index >= 15 is 0 Å². The molecule has 0 radical (unpaired) electrons. The lowest BCUT2D eigenvalue weighted by Crippen LogP contribution is -2.13. The summed E-state index contributed by atoms with van der Waals surface area (Å²) in [5.74, 6) is 0.154. The minimum absolute atomic E-state index is 0.00975. The molecule has 0 saturated carbocycles. The number of rotatable bonds is 6. The molecule has 0 aliphatic carbocycles. The number of hydrogen-bond donors (Lipinski definition) is 1. The highest BCUT2D eigenvalue weighted by Crippen LogP contribution is 2.41. The number of nitrogens with zero attached hydrogens (tertiary/aromatic N) is 3. The van der Waals surface area contributed by atoms with Gasteiger partial charge < -0.3 is 9.26 Å². The Balaban J connectivity index is 1.60. The second-order valence-electron chi connectivity index (χ2n) is 7.94. The number of hydrogen-bond acceptors (Lipinski definition) is 7. The van der Waals surface area contributed by atoms with Crippen molar-refractivity contribution in [2.45, 2.75) is 11.8 Å². The van der Waals surface area contributed by atoms with Crippen molar-refractivity contribution < 1.29 is 22.1 Å². The van der Waals surface area contributed by atoms with E-state index in [0.29, 0.717) is 44.1 Å². The average molecular weight is 525 g/mol. The smallest absolute Gasteiger partial charge is 0.263 e. The van der Waals surface area contributed by atoms with Gasteiger partial charge in [-0.3, -0.25) is 4.72 Å². The molecule has 0 atom stereocenters. The molecule has 2 aromatic heterocycles. The van der Waals surface area contributed by atoms with Crippen LogP contribution in [0.5, 0.6) is 5.75 Å². The summed E-state index contributed by atoms with van der Waals surface area (Å²) in [6, 6.07) is 14.0. The Hall–Kier alpha value is -4.02. The summed E-state index contributed by atoms with van der Waals surface area (Å²) < 4.78 is 52.2. The number of benzene rings is 3. The summed E-state index contributed by atoms with van der Waals surface area (Å²) in [7, 11) is -2.41. The van der Waals surface area contributed by atoms with E-state index in [9.17, 15) is 12.8 Å². The Kier molecular flexibility index (Phi) is 6.07. The van der Waals surface area contributed by atoms with Crippen molar-refractivity contribution in [2.75, 3.05) is 11.8 Å². The van der Waals surface area contributed by atoms with Crippen molar-refractivity contribution in [1.29, 1.82) is 0 Å². The molecule has 3 aromatic carbocycles. The standard InChI is InChI=1S/C25H18ClFN4O4S/c1-14-7-15(9-16(27)8-14)19-12-23(34-2)20(11-21(19)26)25-18-4-3-17(10-22(18)28-13-29-25)36(32,33)31-24-5-6-35-30-24/h3-13H,1-2H3,(H,30,31). The molecule has 0 aliphatic heterocycles. The van der Waals surface area contributed by atoms with Crippen molar-refractivity contribution in [3.05, 3.63) is 83.6 Å². The molecule has 0 unspecified atom stereocenters. The summed E-state index contributed by atoms with van der Waals surface area (Å²) >= 11 is 6.63. The number of fused-ring (bicyclic) bond motifs is 1. The number of nitrogens with one attached hydrogen (secondary N) is 1. The van der Waals surface area contributed by atoms with Crippen molar-refractivity contribution in [3.63, 3.8) is 0 Å². The first kappa shape index (κ1) is 23.7. The van der Waals surface area contributed by atoms with Crippen molar-refractivity contribution >= 4 is 38.3 Å². The fourth-order valence-electron chi connectivity index (χ4n) is 3.90. The van der Waals surface area contributed by atoms with E-state index in [0.717, 1.165) is 5.56 Å². The largest absolute Gasteiger partial charge is 0.496 e. The first-order chi connectivity index (χ1) is 17.2. The van der Waals surface area contributed by atoms with E-state index in [2.05, 4.69) is 24.4 Å². The summed E-state index contributed by atoms with van der Waals surface area (Å²) in [5, 5.41) is 4.53. The first-order valence-corrected chi connectivity index (χ1v) is 12.4. The van der Waals surface area contributed by atoms with Crippen LogP contribution in [0.2, 0.25) is 5.02 Å². The quantitative estimate of drug-likeness (QED) is 0.296. The van der Waals surface area contributed by atoms with Gasteiger partial charge in [0.15, 0.2) is 5.82 Å². The Morgan fingerprint density at radius 1 is 1.03 bits per heavy atom. The fourth-order valence-corrected chi connectivity index (χ4v) is 5.19. The Morgan fingerprint density at radius 3 is 2.58 bits per heavy atom. The second kappa shape index (κ2) is 9.21. The lowest BCUT2D eigenvalue weighted by atomic mass is 9.98. The Labute approximate surface area is 210 Å². The van der Waals surface area contributed by atoms with Gasteiger partial charge in [0.2, 0.25) is 0 Å². The minimum atomic E-state index is -3.92. The highest BCUT2D eigenvalue weighted by Gasteiger charge is 2.20. The average Bonchev–Trinajstić information content (AvgIpc) is 3.35. The minimum Gasteiger partial charge on any atom is -0.496 e. The van der Waals surface area contributed by atoms with Gasteiger partial charge in [-0.1, -0.05) is 22.8 Å². The topological polar surface area (TPSA) is 107 Å². The van der Waals surface area contributed by atoms with Gasteiger partial charge >= 0.3 is 0 Å². The normalized spacial score (nSPS) is 11.6. The zero-order chi connectivity index (χ0) is 25.4. The van der Waals surface area contributed by atoms with Gasteiger partial charge in [-0.25, -0.2) is 22.8 Å². The highest BCUT2D eigenvalue weighted by atomic mass is 35.5. The van der Waals surface area contributed by atoms with E-state index in [1.165, 1.54) is 50.0 Å². The molecule has 0 amide bonds. The summed E-state index contributed by atoms with van der Waals surface area (Å²) in [6.07, 6.45) is 2.59. The van der Waals surface area contributed by atoms with Crippen LogP contribution in [0.25, 0.3) is 33.3 Å². The maximum atomic E-state index is 14.0. The number of anilines is 1. The van der Waals surface area contributed by atoms with Gasteiger partial charge in [0, 0.05) is 27.6 Å². The van der Waals surface area contributed by atoms with Crippen LogP contribution < -0.4 is 9.46 Å². The zero-order valence-electron chi connectivity index (χ0n) is 19.0. The second-order valence-corrected chi connectivity index (χ2v) is 10.0. The molecule has 0 saturated heterocycles. The fraction of sp³-hybridized carbons (Fsp3) is 0.0800. The maximum absolute atomic E-state index is 14.0. The summed E-state index contributed by atoms with van der Waals surface area (Å²) in [5.41, 5.74) is 3.44. The predicted molar refractivity (Wildman–Crippen MR) is 134 cm³/mol. The number of aryl methyl sites for hydroxylation is 1. The Bertz CT molecular complexity index is 1690. The van der Waals surface area contributed by atoms with Crippen molar-refractivity contribution in [1.82, 2.24) is 15.1 Å². The highest BCUT2D eigenvalue weighted by molar-refractivity contribution is 7.92. The molecular formula is C25H18ClFN4O4S. The molecule has 0 aliphatic rings. The number of aromatic nitrogens is 3. The molecule has 0 spiro atoms. The molecule has 2 heterocycles. The van der Waals surface area contributed by atoms with Crippen molar-refractivity contribution in [2.24, 2.45) is 0 Å². The van der Waals surface area contributed by atoms with Crippen LogP contribution >= 0.6 is 11.6 Å². The lowest BCUT2D eigenvalue weighted by molar-refractivity contribution is 0.416. The third kappa shape index (κ3) is 4.48. The van der Waals surface area contributed by atoms with Crippen LogP contribution in [0.3, 0.4) is 0 Å². The maximum Gasteiger partial charge on any atom is 0.263 e. The van der Waals surface area contributed by atoms with Crippen LogP contribution in [-0.2, 0) is 10.0 Å². The monoisotopic (exact) mass is 524 g/mol. The molecule has 11 heteroatoms. The first-order valence-electron chi connectivity index (χ1n) is 10.6. The van der Waals surface area contributed by atoms with Crippen LogP contribution in [-0.4, -0.2) is 30.7 Å². The molecule has 5 aromatic rings. The molecular weight excluding hydrogens is 507 g/mol. The van der Waals surface area contributed by atoms with Crippen LogP contribution in [0.1, 0.15) is 5.56 Å². The van der Waals surface area contributed by atoms with E-state index in [1.807, 2.05) is 6.07 Å². The molecule has 8 nitrogen and oxygen atoms in total. The van der Waals surface area contributed by atoms with Gasteiger partial charge in [0.05, 0.1) is 23.2 Å². The predicted octanol–water partition coefficient (Wildman–Crippen LogP) is 5.86. The van der Waals surface area contributed by atoms with Crippen LogP contribution in [0, 0.1) is 12.7 Å². The van der Waals surface area contributed by atoms with Gasteiger partial charge in [-0.2, -0.15) is 0 Å². The number of ether oxygens (including phenoxy) is 1. The Morgan fingerprint density at radius 2 is 1.86 bits per heavy atom. The number of sulfonamides is 1. The SMILES string of the molecule is COc1cc(-c2cc(C)cc(F)c2)c(Cl)cc1-c1ncnc2cc(S(=O)(=O)Nc3ccon3)ccc12. The molecule has 5 rings (SSSR count). The third-order valence-corrected chi connectivity index (χ3v) is 7.16. The lowest BCUT2D eigenvalue weighted by Gasteiger charge is -2.15. The molecule has 36 heavy (non-hydrogen) atoms. The number of halogens is 2. The van der Waals surface area contributed by atoms with Crippen LogP contribution in [0.4, 0.5) is 10.2 Å². The van der Waals surface area contributed by atoms with E-state index in [1.54, 1.807) is 25.1 Å². The van der Waals surface area contributed by atoms with Gasteiger partial charge in [-0.05, 0) is 60.5 Å². The molecule has 0 bridgehead atoms. The van der Waals surface area contributed by atoms with Gasteiger partial charge in [0.1, 0.15) is 24.2 Å². The van der Waals surface area contributed by atoms with Crippen molar-refractivity contribution in [3.8, 4) is 28.1 Å². The van der Waals surface area contributed by atoms with Crippen LogP contribution in [0.15, 0.2) is 76.6 Å². The molecule has 1 N–H and O–H groups in total. The van der Waals surface area contributed by atoms with E-state index in [4.69, 9.17) is 16.3 Å². The molecule has 182 valence electrons. The van der Waals surface area contributed by atoms with E-state index < -0.39 is 10.0 Å². The van der Waals surface area contributed by atoms with E-state index in [-0.39, 0.29) is 16.5 Å². The summed E-state index contributed by atoms with van der Waals surface area (Å²) in [4.78, 5) is 8.65. The number of methoxy groups -OCH3 is 1. The third-order valence-electron chi connectivity index (χ3n) is 5.49.